The lowest BCUT2D eigenvalue weighted by Gasteiger charge is -2.37. The second-order valence-electron chi connectivity index (χ2n) is 5.20. The zero-order chi connectivity index (χ0) is 14.0. The quantitative estimate of drug-likeness (QED) is 0.846. The van der Waals surface area contributed by atoms with Gasteiger partial charge in [-0.1, -0.05) is 6.92 Å². The number of hydrogen-bond donors (Lipinski definition) is 1. The van der Waals surface area contributed by atoms with Crippen LogP contribution in [0.4, 0.5) is 0 Å². The summed E-state index contributed by atoms with van der Waals surface area (Å²) in [6, 6.07) is 3.46. The number of carbonyl (C=O) groups excluding carboxylic acids is 1. The van der Waals surface area contributed by atoms with E-state index in [4.69, 9.17) is 4.42 Å². The number of β-amino-alcohol motifs (C(OH)–C–C–N with tert-alkyl or cyclic N) is 1. The molecule has 1 saturated heterocycles. The van der Waals surface area contributed by atoms with E-state index in [1.54, 1.807) is 12.1 Å². The molecule has 0 bridgehead atoms. The summed E-state index contributed by atoms with van der Waals surface area (Å²) in [5, 5.41) is 9.93. The van der Waals surface area contributed by atoms with Crippen molar-refractivity contribution >= 4 is 5.97 Å². The van der Waals surface area contributed by atoms with Crippen LogP contribution in [0.3, 0.4) is 0 Å². The third-order valence-electron chi connectivity index (χ3n) is 3.92. The molecule has 2 heterocycles. The number of esters is 1. The molecule has 0 spiro atoms. The maximum Gasteiger partial charge on any atom is 0.373 e. The monoisotopic (exact) mass is 267 g/mol. The molecule has 5 heteroatoms. The minimum atomic E-state index is -0.467. The number of ether oxygens (including phenoxy) is 1. The SMILES string of the molecule is COC(=O)c1ccc([C@H](C)N2CC[C@@H](C)[C@@H](O)C2)o1. The predicted octanol–water partition coefficient (Wildman–Crippen LogP) is 1.83. The molecule has 0 saturated carbocycles. The second-order valence-corrected chi connectivity index (χ2v) is 5.20. The first-order chi connectivity index (χ1) is 9.02. The Morgan fingerprint density at radius 1 is 1.58 bits per heavy atom. The molecular weight excluding hydrogens is 246 g/mol. The number of hydrogen-bond acceptors (Lipinski definition) is 5. The van der Waals surface area contributed by atoms with Gasteiger partial charge in [0.15, 0.2) is 0 Å². The first kappa shape index (κ1) is 14.1. The van der Waals surface area contributed by atoms with Gasteiger partial charge in [-0.2, -0.15) is 0 Å². The molecule has 1 fully saturated rings. The molecule has 0 radical (unpaired) electrons. The van der Waals surface area contributed by atoms with Crippen LogP contribution in [0.25, 0.3) is 0 Å². The molecule has 1 aromatic heterocycles. The van der Waals surface area contributed by atoms with Crippen molar-refractivity contribution in [1.29, 1.82) is 0 Å². The first-order valence-corrected chi connectivity index (χ1v) is 6.63. The summed E-state index contributed by atoms with van der Waals surface area (Å²) >= 11 is 0. The standard InChI is InChI=1S/C14H21NO4/c1-9-6-7-15(8-11(9)16)10(2)12-4-5-13(19-12)14(17)18-3/h4-5,9-11,16H,6-8H2,1-3H3/t9-,10+,11+/m1/s1. The van der Waals surface area contributed by atoms with Gasteiger partial charge in [-0.15, -0.1) is 0 Å². The summed E-state index contributed by atoms with van der Waals surface area (Å²) in [5.41, 5.74) is 0. The van der Waals surface area contributed by atoms with E-state index in [0.717, 1.165) is 18.7 Å². The molecule has 0 aromatic carbocycles. The van der Waals surface area contributed by atoms with E-state index >= 15 is 0 Å². The smallest absolute Gasteiger partial charge is 0.373 e. The molecule has 1 aliphatic heterocycles. The van der Waals surface area contributed by atoms with Gasteiger partial charge in [0.1, 0.15) is 5.76 Å². The molecule has 5 nitrogen and oxygen atoms in total. The molecule has 0 aliphatic carbocycles. The van der Waals surface area contributed by atoms with Crippen LogP contribution < -0.4 is 0 Å². The van der Waals surface area contributed by atoms with Gasteiger partial charge >= 0.3 is 5.97 Å². The minimum absolute atomic E-state index is 0.0422. The molecule has 1 N–H and O–H groups in total. The summed E-state index contributed by atoms with van der Waals surface area (Å²) in [6.45, 7) is 5.64. The fourth-order valence-electron chi connectivity index (χ4n) is 2.39. The summed E-state index contributed by atoms with van der Waals surface area (Å²) in [5.74, 6) is 0.814. The van der Waals surface area contributed by atoms with Gasteiger partial charge in [0.05, 0.1) is 19.3 Å². The highest BCUT2D eigenvalue weighted by molar-refractivity contribution is 5.86. The number of likely N-dealkylation sites (tertiary alicyclic amines) is 1. The van der Waals surface area contributed by atoms with Gasteiger partial charge in [-0.25, -0.2) is 4.79 Å². The number of piperidine rings is 1. The van der Waals surface area contributed by atoms with E-state index in [-0.39, 0.29) is 17.9 Å². The van der Waals surface area contributed by atoms with Gasteiger partial charge < -0.3 is 14.3 Å². The van der Waals surface area contributed by atoms with Crippen LogP contribution in [0.2, 0.25) is 0 Å². The number of aliphatic hydroxyl groups is 1. The van der Waals surface area contributed by atoms with Gasteiger partial charge in [0.2, 0.25) is 5.76 Å². The Hall–Kier alpha value is -1.33. The lowest BCUT2D eigenvalue weighted by atomic mass is 9.95. The van der Waals surface area contributed by atoms with E-state index in [9.17, 15) is 9.90 Å². The minimum Gasteiger partial charge on any atom is -0.463 e. The second kappa shape index (κ2) is 5.75. The van der Waals surface area contributed by atoms with Gasteiger partial charge in [-0.05, 0) is 37.9 Å². The van der Waals surface area contributed by atoms with E-state index in [1.807, 2.05) is 6.92 Å². The topological polar surface area (TPSA) is 62.9 Å². The van der Waals surface area contributed by atoms with Crippen LogP contribution in [-0.4, -0.2) is 42.3 Å². The molecule has 1 aromatic rings. The third-order valence-corrected chi connectivity index (χ3v) is 3.92. The lowest BCUT2D eigenvalue weighted by Crippen LogP contribution is -2.43. The van der Waals surface area contributed by atoms with Crippen molar-refractivity contribution in [1.82, 2.24) is 4.90 Å². The number of nitrogens with zero attached hydrogens (tertiary/aromatic N) is 1. The van der Waals surface area contributed by atoms with Gasteiger partial charge in [0, 0.05) is 6.54 Å². The summed E-state index contributed by atoms with van der Waals surface area (Å²) in [6.07, 6.45) is 0.669. The van der Waals surface area contributed by atoms with Crippen molar-refractivity contribution in [2.45, 2.75) is 32.4 Å². The Bertz CT molecular complexity index is 442. The number of rotatable bonds is 3. The number of methoxy groups -OCH3 is 1. The Morgan fingerprint density at radius 3 is 2.95 bits per heavy atom. The van der Waals surface area contributed by atoms with E-state index in [2.05, 4.69) is 16.6 Å². The molecule has 2 rings (SSSR count). The molecule has 0 amide bonds. The van der Waals surface area contributed by atoms with Crippen molar-refractivity contribution < 1.29 is 19.1 Å². The predicted molar refractivity (Wildman–Crippen MR) is 69.8 cm³/mol. The zero-order valence-corrected chi connectivity index (χ0v) is 11.6. The highest BCUT2D eigenvalue weighted by Crippen LogP contribution is 2.27. The maximum atomic E-state index is 11.4. The fraction of sp³-hybridized carbons (Fsp3) is 0.643. The third kappa shape index (κ3) is 2.98. The van der Waals surface area contributed by atoms with Crippen LogP contribution in [0, 0.1) is 5.92 Å². The first-order valence-electron chi connectivity index (χ1n) is 6.63. The number of furan rings is 1. The average Bonchev–Trinajstić information content (AvgIpc) is 2.89. The Labute approximate surface area is 113 Å². The average molecular weight is 267 g/mol. The van der Waals surface area contributed by atoms with Crippen molar-refractivity contribution in [2.75, 3.05) is 20.2 Å². The lowest BCUT2D eigenvalue weighted by molar-refractivity contribution is 0.00867. The largest absolute Gasteiger partial charge is 0.463 e. The summed E-state index contributed by atoms with van der Waals surface area (Å²) in [4.78, 5) is 13.5. The summed E-state index contributed by atoms with van der Waals surface area (Å²) in [7, 11) is 1.33. The van der Waals surface area contributed by atoms with Crippen LogP contribution in [-0.2, 0) is 4.74 Å². The van der Waals surface area contributed by atoms with Crippen molar-refractivity contribution in [3.05, 3.63) is 23.7 Å². The normalized spacial score (nSPS) is 26.1. The zero-order valence-electron chi connectivity index (χ0n) is 11.6. The number of carbonyl (C=O) groups is 1. The van der Waals surface area contributed by atoms with Crippen LogP contribution in [0.5, 0.6) is 0 Å². The Balaban J connectivity index is 2.05. The molecule has 106 valence electrons. The van der Waals surface area contributed by atoms with Crippen molar-refractivity contribution in [2.24, 2.45) is 5.92 Å². The molecule has 3 atom stereocenters. The summed E-state index contributed by atoms with van der Waals surface area (Å²) < 4.78 is 10.1. The molecule has 19 heavy (non-hydrogen) atoms. The van der Waals surface area contributed by atoms with Gasteiger partial charge in [0.25, 0.3) is 0 Å². The van der Waals surface area contributed by atoms with Crippen LogP contribution >= 0.6 is 0 Å². The molecular formula is C14H21NO4. The van der Waals surface area contributed by atoms with E-state index in [1.165, 1.54) is 7.11 Å². The highest BCUT2D eigenvalue weighted by atomic mass is 16.5. The molecule has 1 aliphatic rings. The Morgan fingerprint density at radius 2 is 2.32 bits per heavy atom. The van der Waals surface area contributed by atoms with Crippen LogP contribution in [0.15, 0.2) is 16.5 Å². The molecule has 0 unspecified atom stereocenters. The fourth-order valence-corrected chi connectivity index (χ4v) is 2.39. The van der Waals surface area contributed by atoms with Crippen molar-refractivity contribution in [3.8, 4) is 0 Å². The maximum absolute atomic E-state index is 11.4. The Kier molecular flexibility index (Phi) is 4.27. The van der Waals surface area contributed by atoms with E-state index in [0.29, 0.717) is 12.5 Å². The highest BCUT2D eigenvalue weighted by Gasteiger charge is 2.29. The van der Waals surface area contributed by atoms with E-state index < -0.39 is 5.97 Å². The van der Waals surface area contributed by atoms with Crippen molar-refractivity contribution in [3.63, 3.8) is 0 Å². The van der Waals surface area contributed by atoms with Gasteiger partial charge in [-0.3, -0.25) is 4.90 Å². The number of aliphatic hydroxyl groups excluding tert-OH is 1. The van der Waals surface area contributed by atoms with Crippen LogP contribution in [0.1, 0.15) is 42.6 Å².